The zero-order chi connectivity index (χ0) is 12.1. The summed E-state index contributed by atoms with van der Waals surface area (Å²) in [4.78, 5) is 0. The Hall–Kier alpha value is -0.715. The lowest BCUT2D eigenvalue weighted by Gasteiger charge is -2.35. The lowest BCUT2D eigenvalue weighted by Crippen LogP contribution is -2.27. The number of benzene rings is 1. The van der Waals surface area contributed by atoms with Crippen molar-refractivity contribution in [1.82, 2.24) is 0 Å². The SMILES string of the molecule is CCB(CC)[C@@H]1CCCC[C@H]1c1ccccc1. The zero-order valence-electron chi connectivity index (χ0n) is 11.4. The Kier molecular flexibility index (Phi) is 4.70. The van der Waals surface area contributed by atoms with Gasteiger partial charge in [0.25, 0.3) is 0 Å². The van der Waals surface area contributed by atoms with E-state index >= 15 is 0 Å². The van der Waals surface area contributed by atoms with Crippen LogP contribution in [0.5, 0.6) is 0 Å². The molecule has 1 heteroatoms. The minimum absolute atomic E-state index is 0.829. The molecule has 17 heavy (non-hydrogen) atoms. The maximum absolute atomic E-state index is 2.37. The van der Waals surface area contributed by atoms with Crippen LogP contribution in [0.3, 0.4) is 0 Å². The van der Waals surface area contributed by atoms with Gasteiger partial charge >= 0.3 is 0 Å². The third-order valence-corrected chi connectivity index (χ3v) is 4.70. The molecule has 0 aliphatic heterocycles. The summed E-state index contributed by atoms with van der Waals surface area (Å²) in [6.07, 6.45) is 8.44. The third-order valence-electron chi connectivity index (χ3n) is 4.70. The van der Waals surface area contributed by atoms with Gasteiger partial charge in [-0.15, -0.1) is 0 Å². The quantitative estimate of drug-likeness (QED) is 0.617. The van der Waals surface area contributed by atoms with Crippen LogP contribution >= 0.6 is 0 Å². The number of hydrogen-bond donors (Lipinski definition) is 0. The Morgan fingerprint density at radius 2 is 1.65 bits per heavy atom. The van der Waals surface area contributed by atoms with Crippen LogP contribution in [0.15, 0.2) is 30.3 Å². The molecule has 1 aromatic rings. The largest absolute Gasteiger partial charge is 0.143 e. The molecule has 92 valence electrons. The second kappa shape index (κ2) is 6.28. The van der Waals surface area contributed by atoms with Gasteiger partial charge in [-0.3, -0.25) is 0 Å². The van der Waals surface area contributed by atoms with E-state index in [4.69, 9.17) is 0 Å². The molecule has 0 nitrogen and oxygen atoms in total. The molecular weight excluding hydrogens is 203 g/mol. The summed E-state index contributed by atoms with van der Waals surface area (Å²) in [5.41, 5.74) is 1.59. The first kappa shape index (κ1) is 12.7. The molecule has 0 spiro atoms. The topological polar surface area (TPSA) is 0 Å². The Morgan fingerprint density at radius 1 is 1.00 bits per heavy atom. The molecule has 0 bridgehead atoms. The van der Waals surface area contributed by atoms with Crippen molar-refractivity contribution in [3.63, 3.8) is 0 Å². The summed E-state index contributed by atoms with van der Waals surface area (Å²) in [7, 11) is 0. The number of hydrogen-bond acceptors (Lipinski definition) is 0. The van der Waals surface area contributed by atoms with Crippen molar-refractivity contribution in [1.29, 1.82) is 0 Å². The second-order valence-electron chi connectivity index (χ2n) is 5.54. The van der Waals surface area contributed by atoms with Gasteiger partial charge in [-0.25, -0.2) is 0 Å². The minimum Gasteiger partial charge on any atom is -0.0768 e. The third kappa shape index (κ3) is 2.94. The fourth-order valence-corrected chi connectivity index (χ4v) is 3.73. The van der Waals surface area contributed by atoms with Gasteiger partial charge in [-0.2, -0.15) is 0 Å². The van der Waals surface area contributed by atoms with Crippen molar-refractivity contribution in [2.75, 3.05) is 0 Å². The van der Waals surface area contributed by atoms with Crippen LogP contribution in [0.1, 0.15) is 51.0 Å². The molecule has 1 saturated carbocycles. The van der Waals surface area contributed by atoms with Crippen LogP contribution in [-0.2, 0) is 0 Å². The van der Waals surface area contributed by atoms with Crippen molar-refractivity contribution in [2.24, 2.45) is 0 Å². The maximum atomic E-state index is 2.37. The molecule has 1 fully saturated rings. The fourth-order valence-electron chi connectivity index (χ4n) is 3.73. The lowest BCUT2D eigenvalue weighted by molar-refractivity contribution is 0.435. The first-order chi connectivity index (χ1) is 8.36. The molecule has 0 radical (unpaired) electrons. The molecular formula is C16H25B. The van der Waals surface area contributed by atoms with Crippen LogP contribution in [0, 0.1) is 0 Å². The van der Waals surface area contributed by atoms with Gasteiger partial charge in [0, 0.05) is 0 Å². The zero-order valence-corrected chi connectivity index (χ0v) is 11.4. The minimum atomic E-state index is 0.829. The van der Waals surface area contributed by atoms with Gasteiger partial charge in [0.2, 0.25) is 0 Å². The first-order valence-corrected chi connectivity index (χ1v) is 7.41. The average molecular weight is 228 g/mol. The van der Waals surface area contributed by atoms with Gasteiger partial charge in [0.1, 0.15) is 6.71 Å². The highest BCUT2D eigenvalue weighted by Crippen LogP contribution is 2.44. The maximum Gasteiger partial charge on any atom is 0.143 e. The van der Waals surface area contributed by atoms with E-state index in [2.05, 4.69) is 44.2 Å². The highest BCUT2D eigenvalue weighted by atomic mass is 14.3. The lowest BCUT2D eigenvalue weighted by atomic mass is 9.33. The summed E-state index contributed by atoms with van der Waals surface area (Å²) < 4.78 is 0. The standard InChI is InChI=1S/C16H25B/c1-3-17(4-2)16-13-9-8-12-15(16)14-10-6-5-7-11-14/h5-7,10-11,15-16H,3-4,8-9,12-13H2,1-2H3/t15-,16+/m0/s1. The van der Waals surface area contributed by atoms with Gasteiger partial charge in [-0.1, -0.05) is 81.9 Å². The van der Waals surface area contributed by atoms with E-state index < -0.39 is 0 Å². The normalized spacial score (nSPS) is 24.6. The van der Waals surface area contributed by atoms with E-state index in [0.717, 1.165) is 18.4 Å². The monoisotopic (exact) mass is 228 g/mol. The van der Waals surface area contributed by atoms with E-state index in [1.54, 1.807) is 5.56 Å². The van der Waals surface area contributed by atoms with Crippen molar-refractivity contribution >= 4 is 6.71 Å². The molecule has 2 atom stereocenters. The van der Waals surface area contributed by atoms with Crippen molar-refractivity contribution in [3.05, 3.63) is 35.9 Å². The molecule has 0 aromatic heterocycles. The second-order valence-corrected chi connectivity index (χ2v) is 5.54. The van der Waals surface area contributed by atoms with E-state index in [9.17, 15) is 0 Å². The average Bonchev–Trinajstić information content (AvgIpc) is 2.42. The molecule has 2 rings (SSSR count). The van der Waals surface area contributed by atoms with E-state index in [-0.39, 0.29) is 0 Å². The summed E-state index contributed by atoms with van der Waals surface area (Å²) in [6, 6.07) is 11.2. The summed E-state index contributed by atoms with van der Waals surface area (Å²) >= 11 is 0. The summed E-state index contributed by atoms with van der Waals surface area (Å²) in [5, 5.41) is 0. The highest BCUT2D eigenvalue weighted by Gasteiger charge is 2.32. The molecule has 1 aliphatic rings. The predicted octanol–water partition coefficient (Wildman–Crippen LogP) is 5.25. The Labute approximate surface area is 107 Å². The highest BCUT2D eigenvalue weighted by molar-refractivity contribution is 6.60. The Balaban J connectivity index is 2.17. The van der Waals surface area contributed by atoms with Crippen LogP contribution in [-0.4, -0.2) is 6.71 Å². The van der Waals surface area contributed by atoms with Gasteiger partial charge in [-0.05, 0) is 17.9 Å². The van der Waals surface area contributed by atoms with Crippen LogP contribution in [0.25, 0.3) is 0 Å². The number of rotatable bonds is 4. The molecule has 0 unspecified atom stereocenters. The van der Waals surface area contributed by atoms with E-state index in [1.807, 2.05) is 0 Å². The van der Waals surface area contributed by atoms with Crippen LogP contribution in [0.4, 0.5) is 0 Å². The van der Waals surface area contributed by atoms with Crippen molar-refractivity contribution < 1.29 is 0 Å². The van der Waals surface area contributed by atoms with Crippen LogP contribution in [0.2, 0.25) is 18.5 Å². The fraction of sp³-hybridized carbons (Fsp3) is 0.625. The summed E-state index contributed by atoms with van der Waals surface area (Å²) in [6.45, 7) is 5.66. The smallest absolute Gasteiger partial charge is 0.0768 e. The van der Waals surface area contributed by atoms with E-state index in [0.29, 0.717) is 0 Å². The predicted molar refractivity (Wildman–Crippen MR) is 78.1 cm³/mol. The van der Waals surface area contributed by atoms with Crippen LogP contribution < -0.4 is 0 Å². The molecule has 0 amide bonds. The van der Waals surface area contributed by atoms with E-state index in [1.165, 1.54) is 38.3 Å². The molecule has 0 heterocycles. The molecule has 0 saturated heterocycles. The van der Waals surface area contributed by atoms with Gasteiger partial charge < -0.3 is 0 Å². The molecule has 0 N–H and O–H groups in total. The van der Waals surface area contributed by atoms with Gasteiger partial charge in [0.15, 0.2) is 0 Å². The van der Waals surface area contributed by atoms with Crippen molar-refractivity contribution in [3.8, 4) is 0 Å². The molecule has 1 aromatic carbocycles. The van der Waals surface area contributed by atoms with Crippen molar-refractivity contribution in [2.45, 2.75) is 63.9 Å². The van der Waals surface area contributed by atoms with Gasteiger partial charge in [0.05, 0.1) is 0 Å². The Morgan fingerprint density at radius 3 is 2.29 bits per heavy atom. The molecule has 1 aliphatic carbocycles. The first-order valence-electron chi connectivity index (χ1n) is 7.41. The summed E-state index contributed by atoms with van der Waals surface area (Å²) in [5.74, 6) is 1.76. The Bertz CT molecular complexity index is 316.